The number of fused-ring (bicyclic) bond motifs is 4. The van der Waals surface area contributed by atoms with E-state index in [1.165, 1.54) is 18.2 Å². The number of carbonyl (C=O) groups is 1. The van der Waals surface area contributed by atoms with E-state index >= 15 is 13.2 Å². The van der Waals surface area contributed by atoms with E-state index in [2.05, 4.69) is 9.84 Å². The van der Waals surface area contributed by atoms with Gasteiger partial charge in [0.1, 0.15) is 68.5 Å². The minimum absolute atomic E-state index is 0.0188. The molecule has 1 aromatic heterocycles. The molecule has 3 aromatic carbocycles. The number of hydrogen-bond acceptors (Lipinski definition) is 11. The van der Waals surface area contributed by atoms with Gasteiger partial charge in [-0.2, -0.15) is 14.4 Å². The number of rotatable bonds is 15. The van der Waals surface area contributed by atoms with E-state index in [-0.39, 0.29) is 34.8 Å². The number of para-hydroxylation sites is 1. The second kappa shape index (κ2) is 16.0. The Kier molecular flexibility index (Phi) is 11.7. The van der Waals surface area contributed by atoms with Crippen LogP contribution in [0.4, 0.5) is 17.6 Å². The van der Waals surface area contributed by atoms with Crippen LogP contribution in [0.5, 0.6) is 17.2 Å². The van der Waals surface area contributed by atoms with Crippen LogP contribution in [0.25, 0.3) is 10.1 Å². The highest BCUT2D eigenvalue weighted by atomic mass is 32.2. The average Bonchev–Trinajstić information content (AvgIpc) is 3.63. The molecule has 0 aliphatic carbocycles. The smallest absolute Gasteiger partial charge is 0.490 e. The van der Waals surface area contributed by atoms with E-state index in [1.54, 1.807) is 6.07 Å². The van der Waals surface area contributed by atoms with Gasteiger partial charge in [-0.05, 0) is 34.9 Å². The van der Waals surface area contributed by atoms with Gasteiger partial charge in [-0.15, -0.1) is 15.9 Å². The molecule has 2 unspecified atom stereocenters. The molecule has 0 spiro atoms. The number of phenols is 2. The maximum absolute atomic E-state index is 15.7. The lowest BCUT2D eigenvalue weighted by molar-refractivity contribution is -1.08. The summed E-state index contributed by atoms with van der Waals surface area (Å²) in [7, 11) is -8.52. The number of benzene rings is 3. The maximum atomic E-state index is 15.7. The van der Waals surface area contributed by atoms with Crippen LogP contribution in [0.1, 0.15) is 34.1 Å². The number of nitrogens with zero attached hydrogens (tertiary/aromatic N) is 3. The minimum Gasteiger partial charge on any atom is -0.566 e. The molecule has 55 heavy (non-hydrogen) atoms. The summed E-state index contributed by atoms with van der Waals surface area (Å²) >= 11 is 0.228. The summed E-state index contributed by atoms with van der Waals surface area (Å²) in [4.78, 5) is 23.8. The third-order valence-electron chi connectivity index (χ3n) is 10.2. The van der Waals surface area contributed by atoms with Crippen molar-refractivity contribution in [2.75, 3.05) is 65.5 Å². The molecule has 3 aliphatic heterocycles. The number of amides is 1. The Bertz CT molecular complexity index is 2300. The number of nitriles is 1. The molecular weight excluding hydrogens is 794 g/mol. The zero-order chi connectivity index (χ0) is 39.7. The molecule has 3 fully saturated rings. The van der Waals surface area contributed by atoms with Gasteiger partial charge >= 0.3 is 8.25 Å². The number of halogens is 4. The highest BCUT2D eigenvalue weighted by Crippen LogP contribution is 2.40. The molecule has 2 atom stereocenters. The topological polar surface area (TPSA) is 198 Å². The molecule has 7 rings (SSSR count). The van der Waals surface area contributed by atoms with Crippen molar-refractivity contribution in [1.29, 1.82) is 5.26 Å². The summed E-state index contributed by atoms with van der Waals surface area (Å²) < 4.78 is 110. The van der Waals surface area contributed by atoms with E-state index in [0.717, 1.165) is 62.4 Å². The zero-order valence-corrected chi connectivity index (χ0v) is 31.3. The lowest BCUT2D eigenvalue weighted by atomic mass is 10.1. The fourth-order valence-electron chi connectivity index (χ4n) is 6.97. The van der Waals surface area contributed by atoms with Crippen LogP contribution in [-0.2, 0) is 19.1 Å². The molecule has 4 N–H and O–H groups in total. The van der Waals surface area contributed by atoms with E-state index in [4.69, 9.17) is 10.00 Å². The molecule has 3 aliphatic rings. The molecular formula is C34H34F4N5O9PS2+2. The molecule has 292 valence electrons. The van der Waals surface area contributed by atoms with Gasteiger partial charge in [-0.1, -0.05) is 12.1 Å². The summed E-state index contributed by atoms with van der Waals surface area (Å²) in [5.41, 5.74) is -0.768. The van der Waals surface area contributed by atoms with Crippen LogP contribution >= 0.6 is 19.6 Å². The SMILES string of the molecule is N#Cc1ccc(C(NS(=O)(=O)c2cc3c(F)c(F)c(OCC[N+]45CC[N+](CCCNC(=O)c6cccc(O)c6O)(CC4)CC5)c(F)c3s2)O[P+](=O)[O-])cc1F. The van der Waals surface area contributed by atoms with Crippen LogP contribution in [-0.4, -0.2) is 99.0 Å². The first-order valence-electron chi connectivity index (χ1n) is 16.8. The molecule has 1 amide bonds. The molecule has 4 aromatic rings. The van der Waals surface area contributed by atoms with Crippen molar-refractivity contribution in [3.05, 3.63) is 82.4 Å². The van der Waals surface area contributed by atoms with Gasteiger partial charge in [0, 0.05) is 23.9 Å². The number of aromatic hydroxyl groups is 2. The molecule has 2 bridgehead atoms. The van der Waals surface area contributed by atoms with Crippen LogP contribution in [0.2, 0.25) is 0 Å². The van der Waals surface area contributed by atoms with E-state index in [1.807, 2.05) is 4.72 Å². The van der Waals surface area contributed by atoms with Crippen molar-refractivity contribution in [3.63, 3.8) is 0 Å². The van der Waals surface area contributed by atoms with E-state index < -0.39 is 85.0 Å². The van der Waals surface area contributed by atoms with Crippen LogP contribution in [0.3, 0.4) is 0 Å². The Morgan fingerprint density at radius 1 is 1.00 bits per heavy atom. The Labute approximate surface area is 316 Å². The number of nitrogens with one attached hydrogen (secondary N) is 2. The summed E-state index contributed by atoms with van der Waals surface area (Å²) in [5.74, 6) is -8.01. The Balaban J connectivity index is 1.07. The number of ether oxygens (including phenoxy) is 1. The van der Waals surface area contributed by atoms with Gasteiger partial charge in [-0.25, -0.2) is 21.6 Å². The average molecular weight is 828 g/mol. The first kappa shape index (κ1) is 40.2. The third-order valence-corrected chi connectivity index (χ3v) is 13.6. The molecule has 14 nitrogen and oxygen atoms in total. The zero-order valence-electron chi connectivity index (χ0n) is 28.8. The summed E-state index contributed by atoms with van der Waals surface area (Å²) in [6.45, 7) is 6.10. The van der Waals surface area contributed by atoms with Gasteiger partial charge in [0.05, 0.1) is 22.4 Å². The fraction of sp³-hybridized carbons (Fsp3) is 0.353. The molecule has 3 saturated heterocycles. The van der Waals surface area contributed by atoms with Gasteiger partial charge in [0.15, 0.2) is 28.9 Å². The number of thiophene rings is 1. The quantitative estimate of drug-likeness (QED) is 0.0261. The molecule has 4 heterocycles. The minimum atomic E-state index is -4.82. The van der Waals surface area contributed by atoms with Crippen LogP contribution < -0.4 is 19.7 Å². The van der Waals surface area contributed by atoms with Crippen molar-refractivity contribution >= 4 is 45.6 Å². The molecule has 21 heteroatoms. The lowest BCUT2D eigenvalue weighted by Crippen LogP contribution is -2.75. The first-order chi connectivity index (χ1) is 26.1. The largest absolute Gasteiger partial charge is 0.566 e. The number of carbonyl (C=O) groups excluding carboxylic acids is 1. The van der Waals surface area contributed by atoms with Crippen molar-refractivity contribution in [3.8, 4) is 23.3 Å². The number of piperazine rings is 3. The highest BCUT2D eigenvalue weighted by molar-refractivity contribution is 7.91. The van der Waals surface area contributed by atoms with Crippen molar-refractivity contribution in [2.24, 2.45) is 0 Å². The molecule has 0 radical (unpaired) electrons. The standard InChI is InChI=1S/C34H32F4N5O9PS2/c35-24-17-20(5-6-21(24)19-39)34(52-53(47)48)41-55(49,50)26-18-23-27(36)28(37)31(29(38)32(23)54-26)51-16-15-43-12-9-42(10-13-43,11-14-43)8-2-7-40-33(46)22-3-1-4-25(44)30(22)45/h1,3-6,17-18,34,41H,2,7-16H2,(H-2,40,44,45,46)/p+2. The number of sulfonamides is 1. The maximum Gasteiger partial charge on any atom is 0.490 e. The van der Waals surface area contributed by atoms with Crippen molar-refractivity contribution in [2.45, 2.75) is 16.9 Å². The van der Waals surface area contributed by atoms with E-state index in [9.17, 15) is 37.3 Å². The monoisotopic (exact) mass is 827 g/mol. The Morgan fingerprint density at radius 3 is 2.31 bits per heavy atom. The van der Waals surface area contributed by atoms with Crippen LogP contribution in [0, 0.1) is 34.6 Å². The number of phenolic OH excluding ortho intramolecular Hbond substituents is 2. The fourth-order valence-corrected chi connectivity index (χ4v) is 9.90. The third kappa shape index (κ3) is 8.39. The Morgan fingerprint density at radius 2 is 1.67 bits per heavy atom. The first-order valence-corrected chi connectivity index (χ1v) is 20.2. The highest BCUT2D eigenvalue weighted by Gasteiger charge is 2.48. The Hall–Kier alpha value is -4.45. The van der Waals surface area contributed by atoms with Gasteiger partial charge < -0.3 is 34.1 Å². The van der Waals surface area contributed by atoms with Crippen LogP contribution in [0.15, 0.2) is 46.7 Å². The molecule has 0 saturated carbocycles. The lowest BCUT2D eigenvalue weighted by Gasteiger charge is -2.55. The van der Waals surface area contributed by atoms with Gasteiger partial charge in [0.2, 0.25) is 12.0 Å². The summed E-state index contributed by atoms with van der Waals surface area (Å²) in [5, 5.41) is 30.6. The number of quaternary nitrogens is 2. The van der Waals surface area contributed by atoms with Gasteiger partial charge in [0.25, 0.3) is 15.9 Å². The van der Waals surface area contributed by atoms with Crippen molar-refractivity contribution < 1.29 is 68.7 Å². The number of hydrogen-bond donors (Lipinski definition) is 4. The summed E-state index contributed by atoms with van der Waals surface area (Å²) in [6, 6.07) is 9.08. The predicted molar refractivity (Wildman–Crippen MR) is 186 cm³/mol. The van der Waals surface area contributed by atoms with Crippen molar-refractivity contribution in [1.82, 2.24) is 10.0 Å². The van der Waals surface area contributed by atoms with Gasteiger partial charge in [-0.3, -0.25) is 4.79 Å². The predicted octanol–water partition coefficient (Wildman–Crippen LogP) is 3.61. The second-order valence-electron chi connectivity index (χ2n) is 13.4. The normalized spacial score (nSPS) is 20.3. The second-order valence-corrected chi connectivity index (χ2v) is 17.0. The van der Waals surface area contributed by atoms with E-state index in [0.29, 0.717) is 36.1 Å². The summed E-state index contributed by atoms with van der Waals surface area (Å²) in [6.07, 6.45) is -1.35.